The molecule has 1 aliphatic heterocycles. The standard InChI is InChI=1S/C21H27N3O4S/c1-4-28-21(26)19(20-22-15(2)14-29-20)18(25)13-23-8-10-24(11-9-23)16-6-5-7-17(12-16)27-3/h5-7,12,14,19H,4,8-11,13H2,1-3H3. The van der Waals surface area contributed by atoms with E-state index in [-0.39, 0.29) is 18.9 Å². The smallest absolute Gasteiger partial charge is 0.323 e. The summed E-state index contributed by atoms with van der Waals surface area (Å²) >= 11 is 1.33. The van der Waals surface area contributed by atoms with E-state index in [4.69, 9.17) is 9.47 Å². The quantitative estimate of drug-likeness (QED) is 0.483. The number of Topliss-reactive ketones (excluding diaryl/α,β-unsaturated/α-hetero) is 1. The highest BCUT2D eigenvalue weighted by Gasteiger charge is 2.34. The Labute approximate surface area is 175 Å². The molecule has 8 heteroatoms. The van der Waals surface area contributed by atoms with Crippen LogP contribution in [0.1, 0.15) is 23.5 Å². The van der Waals surface area contributed by atoms with Gasteiger partial charge in [-0.1, -0.05) is 6.07 Å². The van der Waals surface area contributed by atoms with Gasteiger partial charge in [-0.05, 0) is 26.0 Å². The van der Waals surface area contributed by atoms with Crippen LogP contribution < -0.4 is 9.64 Å². The van der Waals surface area contributed by atoms with Crippen molar-refractivity contribution in [1.29, 1.82) is 0 Å². The van der Waals surface area contributed by atoms with Crippen LogP contribution in [-0.2, 0) is 14.3 Å². The fourth-order valence-electron chi connectivity index (χ4n) is 3.38. The van der Waals surface area contributed by atoms with Crippen LogP contribution in [-0.4, -0.2) is 68.1 Å². The molecule has 1 fully saturated rings. The Morgan fingerprint density at radius 3 is 2.62 bits per heavy atom. The molecule has 0 bridgehead atoms. The molecule has 0 saturated carbocycles. The Kier molecular flexibility index (Phi) is 7.22. The summed E-state index contributed by atoms with van der Waals surface area (Å²) in [6.07, 6.45) is 0. The zero-order chi connectivity index (χ0) is 20.8. The van der Waals surface area contributed by atoms with Crippen LogP contribution in [0.5, 0.6) is 5.75 Å². The number of hydrogen-bond donors (Lipinski definition) is 0. The van der Waals surface area contributed by atoms with E-state index >= 15 is 0 Å². The van der Waals surface area contributed by atoms with E-state index in [0.717, 1.165) is 43.3 Å². The molecule has 1 unspecified atom stereocenters. The van der Waals surface area contributed by atoms with Gasteiger partial charge in [-0.25, -0.2) is 4.98 Å². The number of carbonyl (C=O) groups excluding carboxylic acids is 2. The van der Waals surface area contributed by atoms with E-state index < -0.39 is 11.9 Å². The lowest BCUT2D eigenvalue weighted by molar-refractivity contribution is -0.148. The summed E-state index contributed by atoms with van der Waals surface area (Å²) in [6, 6.07) is 7.98. The van der Waals surface area contributed by atoms with Crippen LogP contribution in [0.3, 0.4) is 0 Å². The summed E-state index contributed by atoms with van der Waals surface area (Å²) in [4.78, 5) is 34.1. The summed E-state index contributed by atoms with van der Waals surface area (Å²) in [7, 11) is 1.66. The van der Waals surface area contributed by atoms with Gasteiger partial charge in [0.1, 0.15) is 10.8 Å². The number of thiazole rings is 1. The fourth-order valence-corrected chi connectivity index (χ4v) is 4.29. The number of aryl methyl sites for hydroxylation is 1. The third kappa shape index (κ3) is 5.33. The van der Waals surface area contributed by atoms with E-state index in [0.29, 0.717) is 5.01 Å². The molecule has 0 amide bonds. The molecule has 1 aliphatic rings. The van der Waals surface area contributed by atoms with Crippen molar-refractivity contribution >= 4 is 28.8 Å². The summed E-state index contributed by atoms with van der Waals surface area (Å²) < 4.78 is 10.4. The van der Waals surface area contributed by atoms with Gasteiger partial charge in [-0.15, -0.1) is 11.3 Å². The highest BCUT2D eigenvalue weighted by Crippen LogP contribution is 2.25. The highest BCUT2D eigenvalue weighted by atomic mass is 32.1. The highest BCUT2D eigenvalue weighted by molar-refractivity contribution is 7.10. The molecule has 7 nitrogen and oxygen atoms in total. The molecule has 2 aromatic rings. The number of esters is 1. The topological polar surface area (TPSA) is 72.0 Å². The van der Waals surface area contributed by atoms with Gasteiger partial charge in [0.25, 0.3) is 0 Å². The Morgan fingerprint density at radius 1 is 1.24 bits per heavy atom. The number of ketones is 1. The Morgan fingerprint density at radius 2 is 2.00 bits per heavy atom. The molecule has 0 radical (unpaired) electrons. The van der Waals surface area contributed by atoms with Crippen LogP contribution in [0.25, 0.3) is 0 Å². The van der Waals surface area contributed by atoms with Gasteiger partial charge in [0, 0.05) is 49.0 Å². The van der Waals surface area contributed by atoms with E-state index in [9.17, 15) is 9.59 Å². The van der Waals surface area contributed by atoms with Crippen molar-refractivity contribution in [1.82, 2.24) is 9.88 Å². The predicted octanol–water partition coefficient (Wildman–Crippen LogP) is 2.50. The van der Waals surface area contributed by atoms with Crippen LogP contribution in [0.2, 0.25) is 0 Å². The molecule has 156 valence electrons. The lowest BCUT2D eigenvalue weighted by Crippen LogP contribution is -2.48. The lowest BCUT2D eigenvalue weighted by atomic mass is 10.0. The summed E-state index contributed by atoms with van der Waals surface area (Å²) in [6.45, 7) is 7.15. The Hall–Kier alpha value is -2.45. The molecular weight excluding hydrogens is 390 g/mol. The second-order valence-electron chi connectivity index (χ2n) is 6.94. The average molecular weight is 418 g/mol. The number of rotatable bonds is 8. The van der Waals surface area contributed by atoms with E-state index in [1.54, 1.807) is 14.0 Å². The number of benzene rings is 1. The van der Waals surface area contributed by atoms with Gasteiger partial charge in [-0.3, -0.25) is 14.5 Å². The minimum atomic E-state index is -0.940. The Balaban J connectivity index is 1.61. The van der Waals surface area contributed by atoms with Crippen molar-refractivity contribution in [2.24, 2.45) is 0 Å². The molecule has 3 rings (SSSR count). The zero-order valence-corrected chi connectivity index (χ0v) is 17.9. The molecule has 0 spiro atoms. The third-order valence-corrected chi connectivity index (χ3v) is 5.93. The maximum atomic E-state index is 13.0. The zero-order valence-electron chi connectivity index (χ0n) is 17.1. The molecule has 2 heterocycles. The first-order chi connectivity index (χ1) is 14.0. The maximum absolute atomic E-state index is 13.0. The number of methoxy groups -OCH3 is 1. The van der Waals surface area contributed by atoms with Crippen molar-refractivity contribution in [2.45, 2.75) is 19.8 Å². The van der Waals surface area contributed by atoms with E-state index in [1.165, 1.54) is 11.3 Å². The molecule has 0 aliphatic carbocycles. The minimum Gasteiger partial charge on any atom is -0.497 e. The minimum absolute atomic E-state index is 0.160. The summed E-state index contributed by atoms with van der Waals surface area (Å²) in [5.74, 6) is -0.782. The fraction of sp³-hybridized carbons (Fsp3) is 0.476. The number of anilines is 1. The predicted molar refractivity (Wildman–Crippen MR) is 113 cm³/mol. The number of carbonyl (C=O) groups is 2. The number of nitrogens with zero attached hydrogens (tertiary/aromatic N) is 3. The SMILES string of the molecule is CCOC(=O)C(C(=O)CN1CCN(c2cccc(OC)c2)CC1)c1nc(C)cs1. The largest absolute Gasteiger partial charge is 0.497 e. The number of ether oxygens (including phenoxy) is 2. The molecule has 29 heavy (non-hydrogen) atoms. The first kappa shape index (κ1) is 21.3. The molecule has 1 atom stereocenters. The third-order valence-electron chi connectivity index (χ3n) is 4.90. The van der Waals surface area contributed by atoms with Gasteiger partial charge in [-0.2, -0.15) is 0 Å². The average Bonchev–Trinajstić information content (AvgIpc) is 3.14. The van der Waals surface area contributed by atoms with Gasteiger partial charge < -0.3 is 14.4 Å². The maximum Gasteiger partial charge on any atom is 0.323 e. The van der Waals surface area contributed by atoms with Crippen LogP contribution >= 0.6 is 11.3 Å². The van der Waals surface area contributed by atoms with Gasteiger partial charge in [0.05, 0.1) is 20.3 Å². The van der Waals surface area contributed by atoms with Crippen molar-refractivity contribution < 1.29 is 19.1 Å². The molecule has 1 saturated heterocycles. The van der Waals surface area contributed by atoms with Gasteiger partial charge in [0.2, 0.25) is 0 Å². The summed E-state index contributed by atoms with van der Waals surface area (Å²) in [5.41, 5.74) is 1.91. The number of piperazine rings is 1. The van der Waals surface area contributed by atoms with Crippen molar-refractivity contribution in [3.8, 4) is 5.75 Å². The summed E-state index contributed by atoms with van der Waals surface area (Å²) in [5, 5.41) is 2.36. The van der Waals surface area contributed by atoms with E-state index in [1.807, 2.05) is 30.5 Å². The van der Waals surface area contributed by atoms with Crippen molar-refractivity contribution in [3.05, 3.63) is 40.3 Å². The van der Waals surface area contributed by atoms with Crippen LogP contribution in [0, 0.1) is 6.92 Å². The molecular formula is C21H27N3O4S. The lowest BCUT2D eigenvalue weighted by Gasteiger charge is -2.36. The first-order valence-corrected chi connectivity index (χ1v) is 10.6. The Bertz CT molecular complexity index is 846. The van der Waals surface area contributed by atoms with Crippen LogP contribution in [0.4, 0.5) is 5.69 Å². The van der Waals surface area contributed by atoms with E-state index in [2.05, 4.69) is 20.9 Å². The van der Waals surface area contributed by atoms with Crippen molar-refractivity contribution in [2.75, 3.05) is 51.3 Å². The van der Waals surface area contributed by atoms with Gasteiger partial charge >= 0.3 is 5.97 Å². The second kappa shape index (κ2) is 9.84. The molecule has 1 aromatic carbocycles. The van der Waals surface area contributed by atoms with Crippen molar-refractivity contribution in [3.63, 3.8) is 0 Å². The van der Waals surface area contributed by atoms with Crippen LogP contribution in [0.15, 0.2) is 29.6 Å². The number of aromatic nitrogens is 1. The second-order valence-corrected chi connectivity index (χ2v) is 7.83. The number of hydrogen-bond acceptors (Lipinski definition) is 8. The normalized spacial score (nSPS) is 15.8. The molecule has 0 N–H and O–H groups in total. The molecule has 1 aromatic heterocycles. The first-order valence-electron chi connectivity index (χ1n) is 9.74. The van der Waals surface area contributed by atoms with Gasteiger partial charge in [0.15, 0.2) is 11.7 Å². The monoisotopic (exact) mass is 417 g/mol.